The predicted molar refractivity (Wildman–Crippen MR) is 69.5 cm³/mol. The molecule has 0 bridgehead atoms. The zero-order valence-corrected chi connectivity index (χ0v) is 9.59. The summed E-state index contributed by atoms with van der Waals surface area (Å²) in [5.41, 5.74) is 1.84. The SMILES string of the molecule is O=Cc1ccc(C(=O)C#Cc2ccccc2)cc1. The molecule has 86 valence electrons. The van der Waals surface area contributed by atoms with Crippen LogP contribution in [0.15, 0.2) is 54.6 Å². The van der Waals surface area contributed by atoms with Crippen molar-refractivity contribution in [1.82, 2.24) is 0 Å². The Balaban J connectivity index is 2.17. The minimum absolute atomic E-state index is 0.253. The Morgan fingerprint density at radius 2 is 1.61 bits per heavy atom. The average Bonchev–Trinajstić information content (AvgIpc) is 2.46. The minimum atomic E-state index is -0.253. The summed E-state index contributed by atoms with van der Waals surface area (Å²) in [6, 6.07) is 15.7. The number of carbonyl (C=O) groups is 2. The van der Waals surface area contributed by atoms with Gasteiger partial charge in [-0.25, -0.2) is 0 Å². The maximum Gasteiger partial charge on any atom is 0.236 e. The van der Waals surface area contributed by atoms with Gasteiger partial charge in [-0.3, -0.25) is 9.59 Å². The van der Waals surface area contributed by atoms with E-state index in [9.17, 15) is 9.59 Å². The van der Waals surface area contributed by atoms with E-state index in [1.807, 2.05) is 30.3 Å². The van der Waals surface area contributed by atoms with E-state index < -0.39 is 0 Å². The summed E-state index contributed by atoms with van der Waals surface area (Å²) in [6.07, 6.45) is 0.740. The van der Waals surface area contributed by atoms with Crippen LogP contribution in [0.5, 0.6) is 0 Å². The summed E-state index contributed by atoms with van der Waals surface area (Å²) in [5.74, 6) is 5.12. The Morgan fingerprint density at radius 3 is 2.22 bits per heavy atom. The lowest BCUT2D eigenvalue weighted by molar-refractivity contribution is 0.105. The van der Waals surface area contributed by atoms with Crippen LogP contribution in [0.3, 0.4) is 0 Å². The summed E-state index contributed by atoms with van der Waals surface area (Å²) >= 11 is 0. The molecule has 2 aromatic rings. The first kappa shape index (κ1) is 11.8. The molecule has 2 heteroatoms. The van der Waals surface area contributed by atoms with Crippen LogP contribution in [-0.4, -0.2) is 12.1 Å². The summed E-state index contributed by atoms with van der Waals surface area (Å²) in [7, 11) is 0. The molecule has 0 amide bonds. The monoisotopic (exact) mass is 234 g/mol. The fourth-order valence-corrected chi connectivity index (χ4v) is 1.44. The van der Waals surface area contributed by atoms with E-state index in [0.717, 1.165) is 11.8 Å². The van der Waals surface area contributed by atoms with Crippen molar-refractivity contribution >= 4 is 12.1 Å². The van der Waals surface area contributed by atoms with Gasteiger partial charge in [0.2, 0.25) is 5.78 Å². The Kier molecular flexibility index (Phi) is 3.68. The van der Waals surface area contributed by atoms with Crippen LogP contribution in [0.2, 0.25) is 0 Å². The zero-order valence-electron chi connectivity index (χ0n) is 9.59. The topological polar surface area (TPSA) is 34.1 Å². The summed E-state index contributed by atoms with van der Waals surface area (Å²) < 4.78 is 0. The first-order valence-electron chi connectivity index (χ1n) is 5.46. The van der Waals surface area contributed by atoms with E-state index in [1.165, 1.54) is 0 Å². The lowest BCUT2D eigenvalue weighted by atomic mass is 10.1. The maximum absolute atomic E-state index is 11.8. The number of benzene rings is 2. The Labute approximate surface area is 105 Å². The quantitative estimate of drug-likeness (QED) is 0.455. The molecule has 0 radical (unpaired) electrons. The highest BCUT2D eigenvalue weighted by atomic mass is 16.1. The van der Waals surface area contributed by atoms with Crippen molar-refractivity contribution in [3.63, 3.8) is 0 Å². The van der Waals surface area contributed by atoms with E-state index in [2.05, 4.69) is 11.8 Å². The van der Waals surface area contributed by atoms with E-state index in [0.29, 0.717) is 11.1 Å². The first-order valence-corrected chi connectivity index (χ1v) is 5.46. The molecule has 0 N–H and O–H groups in total. The fraction of sp³-hybridized carbons (Fsp3) is 0. The predicted octanol–water partition coefficient (Wildman–Crippen LogP) is 2.73. The Morgan fingerprint density at radius 1 is 0.944 bits per heavy atom. The van der Waals surface area contributed by atoms with Crippen molar-refractivity contribution in [3.05, 3.63) is 71.3 Å². The van der Waals surface area contributed by atoms with Gasteiger partial charge in [0.25, 0.3) is 0 Å². The number of Topliss-reactive ketones (excluding diaryl/α,β-unsaturated/α-hetero) is 1. The molecular weight excluding hydrogens is 224 g/mol. The molecular formula is C16H10O2. The summed E-state index contributed by atoms with van der Waals surface area (Å²) in [4.78, 5) is 22.2. The number of ketones is 1. The van der Waals surface area contributed by atoms with Crippen LogP contribution >= 0.6 is 0 Å². The highest BCUT2D eigenvalue weighted by Gasteiger charge is 2.01. The zero-order chi connectivity index (χ0) is 12.8. The number of hydrogen-bond donors (Lipinski definition) is 0. The average molecular weight is 234 g/mol. The molecule has 0 aliphatic rings. The molecule has 2 rings (SSSR count). The molecule has 0 spiro atoms. The van der Waals surface area contributed by atoms with Gasteiger partial charge in [0.1, 0.15) is 6.29 Å². The first-order chi connectivity index (χ1) is 8.79. The van der Waals surface area contributed by atoms with Gasteiger partial charge in [0.05, 0.1) is 0 Å². The second-order valence-corrected chi connectivity index (χ2v) is 3.69. The molecule has 0 aromatic heterocycles. The van der Waals surface area contributed by atoms with Crippen LogP contribution in [0.4, 0.5) is 0 Å². The molecule has 0 fully saturated rings. The second-order valence-electron chi connectivity index (χ2n) is 3.69. The molecule has 0 aliphatic carbocycles. The standard InChI is InChI=1S/C16H10O2/c17-12-14-6-9-15(10-7-14)16(18)11-8-13-4-2-1-3-5-13/h1-7,9-10,12H. The fourth-order valence-electron chi connectivity index (χ4n) is 1.44. The Hall–Kier alpha value is -2.66. The third kappa shape index (κ3) is 2.93. The van der Waals surface area contributed by atoms with Crippen molar-refractivity contribution in [2.24, 2.45) is 0 Å². The molecule has 0 saturated carbocycles. The summed E-state index contributed by atoms with van der Waals surface area (Å²) in [5, 5.41) is 0. The normalized spacial score (nSPS) is 9.11. The maximum atomic E-state index is 11.8. The van der Waals surface area contributed by atoms with Gasteiger partial charge in [-0.2, -0.15) is 0 Å². The molecule has 2 aromatic carbocycles. The van der Waals surface area contributed by atoms with Crippen molar-refractivity contribution < 1.29 is 9.59 Å². The van der Waals surface area contributed by atoms with Gasteiger partial charge in [-0.1, -0.05) is 36.3 Å². The van der Waals surface area contributed by atoms with Crippen molar-refractivity contribution in [3.8, 4) is 11.8 Å². The van der Waals surface area contributed by atoms with E-state index in [-0.39, 0.29) is 5.78 Å². The third-order valence-electron chi connectivity index (χ3n) is 2.40. The molecule has 0 atom stereocenters. The van der Waals surface area contributed by atoms with Crippen molar-refractivity contribution in [1.29, 1.82) is 0 Å². The molecule has 0 saturated heterocycles. The number of hydrogen-bond acceptors (Lipinski definition) is 2. The van der Waals surface area contributed by atoms with Crippen LogP contribution in [0.1, 0.15) is 26.3 Å². The second kappa shape index (κ2) is 5.60. The highest BCUT2D eigenvalue weighted by molar-refractivity contribution is 6.09. The molecule has 2 nitrogen and oxygen atoms in total. The molecule has 0 unspecified atom stereocenters. The van der Waals surface area contributed by atoms with Gasteiger partial charge in [0.15, 0.2) is 0 Å². The lowest BCUT2D eigenvalue weighted by Gasteiger charge is -1.94. The molecule has 0 heterocycles. The van der Waals surface area contributed by atoms with Gasteiger partial charge in [0, 0.05) is 16.7 Å². The summed E-state index contributed by atoms with van der Waals surface area (Å²) in [6.45, 7) is 0. The van der Waals surface area contributed by atoms with E-state index >= 15 is 0 Å². The largest absolute Gasteiger partial charge is 0.298 e. The van der Waals surface area contributed by atoms with Crippen molar-refractivity contribution in [2.75, 3.05) is 0 Å². The smallest absolute Gasteiger partial charge is 0.236 e. The van der Waals surface area contributed by atoms with Crippen LogP contribution in [0.25, 0.3) is 0 Å². The van der Waals surface area contributed by atoms with Crippen molar-refractivity contribution in [2.45, 2.75) is 0 Å². The van der Waals surface area contributed by atoms with Gasteiger partial charge >= 0.3 is 0 Å². The number of aldehydes is 1. The molecule has 0 aliphatic heterocycles. The van der Waals surface area contributed by atoms with Crippen LogP contribution < -0.4 is 0 Å². The molecule has 18 heavy (non-hydrogen) atoms. The highest BCUT2D eigenvalue weighted by Crippen LogP contribution is 2.03. The van der Waals surface area contributed by atoms with Gasteiger partial charge in [-0.15, -0.1) is 0 Å². The number of rotatable bonds is 2. The van der Waals surface area contributed by atoms with Gasteiger partial charge in [-0.05, 0) is 30.2 Å². The minimum Gasteiger partial charge on any atom is -0.298 e. The lowest BCUT2D eigenvalue weighted by Crippen LogP contribution is -1.95. The van der Waals surface area contributed by atoms with E-state index in [4.69, 9.17) is 0 Å². The van der Waals surface area contributed by atoms with Crippen LogP contribution in [-0.2, 0) is 0 Å². The Bertz CT molecular complexity index is 614. The van der Waals surface area contributed by atoms with E-state index in [1.54, 1.807) is 24.3 Å². The van der Waals surface area contributed by atoms with Gasteiger partial charge < -0.3 is 0 Å². The number of carbonyl (C=O) groups excluding carboxylic acids is 2. The third-order valence-corrected chi connectivity index (χ3v) is 2.40. The van der Waals surface area contributed by atoms with Crippen LogP contribution in [0, 0.1) is 11.8 Å².